The molecule has 0 saturated carbocycles. The van der Waals surface area contributed by atoms with Gasteiger partial charge in [-0.15, -0.1) is 0 Å². The summed E-state index contributed by atoms with van der Waals surface area (Å²) in [7, 11) is 1.91. The average Bonchev–Trinajstić information content (AvgIpc) is 2.62. The van der Waals surface area contributed by atoms with Crippen LogP contribution in [-0.4, -0.2) is 42.0 Å². The van der Waals surface area contributed by atoms with E-state index in [9.17, 15) is 9.90 Å². The standard InChI is InChI=1S/C19H23ClN4O2/c1-3-21-19(24(2)13-14-4-6-15(20)7-5-14)22-12-18(26)23-16-8-10-17(25)11-9-16/h4-11,25H,3,12-13H2,1-2H3,(H,21,22)(H,23,26). The molecule has 6 nitrogen and oxygen atoms in total. The third kappa shape index (κ3) is 6.29. The van der Waals surface area contributed by atoms with Crippen LogP contribution in [0.4, 0.5) is 5.69 Å². The number of anilines is 1. The SMILES string of the molecule is CCNC(=NCC(=O)Nc1ccc(O)cc1)N(C)Cc1ccc(Cl)cc1. The van der Waals surface area contributed by atoms with Crippen molar-refractivity contribution in [3.8, 4) is 5.75 Å². The molecule has 0 fully saturated rings. The van der Waals surface area contributed by atoms with E-state index in [0.717, 1.165) is 5.56 Å². The Hall–Kier alpha value is -2.73. The van der Waals surface area contributed by atoms with Crippen molar-refractivity contribution in [2.45, 2.75) is 13.5 Å². The van der Waals surface area contributed by atoms with Crippen molar-refractivity contribution in [2.24, 2.45) is 4.99 Å². The lowest BCUT2D eigenvalue weighted by molar-refractivity contribution is -0.114. The van der Waals surface area contributed by atoms with Crippen LogP contribution in [-0.2, 0) is 11.3 Å². The van der Waals surface area contributed by atoms with Gasteiger partial charge in [0.25, 0.3) is 0 Å². The summed E-state index contributed by atoms with van der Waals surface area (Å²) in [4.78, 5) is 18.4. The van der Waals surface area contributed by atoms with Gasteiger partial charge < -0.3 is 20.6 Å². The second-order valence-electron chi connectivity index (χ2n) is 5.75. The van der Waals surface area contributed by atoms with Crippen LogP contribution in [0.3, 0.4) is 0 Å². The van der Waals surface area contributed by atoms with Crippen LogP contribution in [0.25, 0.3) is 0 Å². The van der Waals surface area contributed by atoms with Gasteiger partial charge in [0, 0.05) is 30.8 Å². The molecule has 0 aromatic heterocycles. The summed E-state index contributed by atoms with van der Waals surface area (Å²) < 4.78 is 0. The van der Waals surface area contributed by atoms with Gasteiger partial charge in [0.1, 0.15) is 12.3 Å². The molecular weight excluding hydrogens is 352 g/mol. The molecule has 0 unspecified atom stereocenters. The molecule has 0 aliphatic rings. The highest BCUT2D eigenvalue weighted by Gasteiger charge is 2.08. The first-order chi connectivity index (χ1) is 12.5. The largest absolute Gasteiger partial charge is 0.508 e. The fourth-order valence-electron chi connectivity index (χ4n) is 2.30. The summed E-state index contributed by atoms with van der Waals surface area (Å²) >= 11 is 5.91. The molecule has 0 radical (unpaired) electrons. The van der Waals surface area contributed by atoms with Gasteiger partial charge in [0.05, 0.1) is 0 Å². The summed E-state index contributed by atoms with van der Waals surface area (Å²) in [5.41, 5.74) is 1.71. The molecule has 0 atom stereocenters. The highest BCUT2D eigenvalue weighted by atomic mass is 35.5. The zero-order valence-electron chi connectivity index (χ0n) is 14.9. The van der Waals surface area contributed by atoms with E-state index in [1.165, 1.54) is 12.1 Å². The van der Waals surface area contributed by atoms with E-state index in [4.69, 9.17) is 11.6 Å². The molecule has 0 bridgehead atoms. The van der Waals surface area contributed by atoms with E-state index < -0.39 is 0 Å². The van der Waals surface area contributed by atoms with Crippen molar-refractivity contribution < 1.29 is 9.90 Å². The van der Waals surface area contributed by atoms with Gasteiger partial charge in [0.15, 0.2) is 5.96 Å². The van der Waals surface area contributed by atoms with Crippen LogP contribution >= 0.6 is 11.6 Å². The molecule has 0 saturated heterocycles. The Balaban J connectivity index is 1.96. The van der Waals surface area contributed by atoms with Gasteiger partial charge in [-0.3, -0.25) is 4.79 Å². The summed E-state index contributed by atoms with van der Waals surface area (Å²) in [6, 6.07) is 13.9. The van der Waals surface area contributed by atoms with Crippen molar-refractivity contribution in [1.29, 1.82) is 0 Å². The quantitative estimate of drug-likeness (QED) is 0.412. The number of nitrogens with one attached hydrogen (secondary N) is 2. The molecule has 7 heteroatoms. The van der Waals surface area contributed by atoms with Gasteiger partial charge in [-0.2, -0.15) is 0 Å². The third-order valence-electron chi connectivity index (χ3n) is 3.55. The van der Waals surface area contributed by atoms with E-state index >= 15 is 0 Å². The first-order valence-electron chi connectivity index (χ1n) is 8.30. The third-order valence-corrected chi connectivity index (χ3v) is 3.80. The summed E-state index contributed by atoms with van der Waals surface area (Å²) in [5.74, 6) is 0.563. The first kappa shape index (κ1) is 19.6. The first-order valence-corrected chi connectivity index (χ1v) is 8.68. The fourth-order valence-corrected chi connectivity index (χ4v) is 2.43. The number of rotatable bonds is 6. The molecule has 138 valence electrons. The number of amides is 1. The maximum atomic E-state index is 12.1. The number of hydrogen-bond donors (Lipinski definition) is 3. The topological polar surface area (TPSA) is 77.0 Å². The maximum absolute atomic E-state index is 12.1. The Labute approximate surface area is 158 Å². The summed E-state index contributed by atoms with van der Waals surface area (Å²) in [6.07, 6.45) is 0. The zero-order valence-corrected chi connectivity index (χ0v) is 15.6. The van der Waals surface area contributed by atoms with Crippen molar-refractivity contribution in [2.75, 3.05) is 25.5 Å². The van der Waals surface area contributed by atoms with Crippen molar-refractivity contribution in [3.63, 3.8) is 0 Å². The monoisotopic (exact) mass is 374 g/mol. The lowest BCUT2D eigenvalue weighted by Crippen LogP contribution is -2.39. The predicted molar refractivity (Wildman–Crippen MR) is 106 cm³/mol. The Morgan fingerprint density at radius 3 is 2.42 bits per heavy atom. The van der Waals surface area contributed by atoms with Gasteiger partial charge in [-0.05, 0) is 48.9 Å². The Morgan fingerprint density at radius 1 is 1.15 bits per heavy atom. The highest BCUT2D eigenvalue weighted by molar-refractivity contribution is 6.30. The van der Waals surface area contributed by atoms with Gasteiger partial charge in [-0.1, -0.05) is 23.7 Å². The molecule has 0 heterocycles. The molecule has 2 aromatic carbocycles. The molecule has 0 spiro atoms. The van der Waals surface area contributed by atoms with E-state index in [1.807, 2.05) is 43.1 Å². The van der Waals surface area contributed by atoms with Gasteiger partial charge >= 0.3 is 0 Å². The molecule has 0 aliphatic carbocycles. The number of carbonyl (C=O) groups excluding carboxylic acids is 1. The summed E-state index contributed by atoms with van der Waals surface area (Å²) in [6.45, 7) is 3.31. The second kappa shape index (κ2) is 9.68. The van der Waals surface area contributed by atoms with Gasteiger partial charge in [0.2, 0.25) is 5.91 Å². The molecule has 2 aromatic rings. The lowest BCUT2D eigenvalue weighted by atomic mass is 10.2. The molecule has 2 rings (SSSR count). The minimum atomic E-state index is -0.231. The van der Waals surface area contributed by atoms with Crippen molar-refractivity contribution in [3.05, 3.63) is 59.1 Å². The minimum absolute atomic E-state index is 0.00579. The Bertz CT molecular complexity index is 745. The minimum Gasteiger partial charge on any atom is -0.508 e. The normalized spacial score (nSPS) is 11.1. The number of nitrogens with zero attached hydrogens (tertiary/aromatic N) is 2. The zero-order chi connectivity index (χ0) is 18.9. The van der Waals surface area contributed by atoms with Crippen molar-refractivity contribution in [1.82, 2.24) is 10.2 Å². The molecular formula is C19H23ClN4O2. The van der Waals surface area contributed by atoms with Crippen LogP contribution < -0.4 is 10.6 Å². The van der Waals surface area contributed by atoms with Crippen molar-refractivity contribution >= 4 is 29.2 Å². The van der Waals surface area contributed by atoms with E-state index in [0.29, 0.717) is 29.8 Å². The molecule has 3 N–H and O–H groups in total. The lowest BCUT2D eigenvalue weighted by Gasteiger charge is -2.22. The number of phenolic OH excluding ortho intramolecular Hbond substituents is 1. The van der Waals surface area contributed by atoms with Crippen LogP contribution in [0.5, 0.6) is 5.75 Å². The maximum Gasteiger partial charge on any atom is 0.246 e. The summed E-state index contributed by atoms with van der Waals surface area (Å²) in [5, 5.41) is 15.9. The molecule has 1 amide bonds. The number of guanidine groups is 1. The number of halogens is 1. The van der Waals surface area contributed by atoms with Crippen LogP contribution in [0, 0.1) is 0 Å². The average molecular weight is 375 g/mol. The number of aliphatic imine (C=N–C) groups is 1. The van der Waals surface area contributed by atoms with E-state index in [-0.39, 0.29) is 18.2 Å². The van der Waals surface area contributed by atoms with E-state index in [1.54, 1.807) is 12.1 Å². The van der Waals surface area contributed by atoms with Gasteiger partial charge in [-0.25, -0.2) is 4.99 Å². The smallest absolute Gasteiger partial charge is 0.246 e. The number of carbonyl (C=O) groups is 1. The van der Waals surface area contributed by atoms with Crippen LogP contribution in [0.15, 0.2) is 53.5 Å². The number of phenols is 1. The number of hydrogen-bond acceptors (Lipinski definition) is 3. The Morgan fingerprint density at radius 2 is 1.81 bits per heavy atom. The predicted octanol–water partition coefficient (Wildman–Crippen LogP) is 3.08. The van der Waals surface area contributed by atoms with Crippen LogP contribution in [0.2, 0.25) is 5.02 Å². The molecule has 26 heavy (non-hydrogen) atoms. The Kier molecular flexibility index (Phi) is 7.29. The fraction of sp³-hybridized carbons (Fsp3) is 0.263. The second-order valence-corrected chi connectivity index (χ2v) is 6.18. The van der Waals surface area contributed by atoms with Crippen LogP contribution in [0.1, 0.15) is 12.5 Å². The van der Waals surface area contributed by atoms with E-state index in [2.05, 4.69) is 15.6 Å². The number of benzene rings is 2. The highest BCUT2D eigenvalue weighted by Crippen LogP contribution is 2.13. The molecule has 0 aliphatic heterocycles. The number of aromatic hydroxyl groups is 1.